The summed E-state index contributed by atoms with van der Waals surface area (Å²) < 4.78 is 0. The monoisotopic (exact) mass is 263 g/mol. The second kappa shape index (κ2) is 5.66. The first kappa shape index (κ1) is 14.0. The second-order valence-corrected chi connectivity index (χ2v) is 7.27. The Labute approximate surface area is 116 Å². The predicted molar refractivity (Wildman–Crippen MR) is 81.3 cm³/mol. The van der Waals surface area contributed by atoms with Gasteiger partial charge in [0.25, 0.3) is 0 Å². The van der Waals surface area contributed by atoms with Gasteiger partial charge in [-0.3, -0.25) is 0 Å². The molecule has 1 nitrogen and oxygen atoms in total. The molecule has 2 rings (SSSR count). The van der Waals surface area contributed by atoms with E-state index in [1.54, 1.807) is 0 Å². The molecule has 2 unspecified atom stereocenters. The SMILES string of the molecule is CCNC1C(Sc2ccccc2C)CCC1(C)C. The number of nitrogens with one attached hydrogen (secondary N) is 1. The van der Waals surface area contributed by atoms with Gasteiger partial charge in [0.05, 0.1) is 0 Å². The lowest BCUT2D eigenvalue weighted by molar-refractivity contribution is 0.290. The molecule has 0 amide bonds. The molecule has 2 heteroatoms. The van der Waals surface area contributed by atoms with E-state index in [4.69, 9.17) is 0 Å². The first-order valence-electron chi connectivity index (χ1n) is 7.00. The third kappa shape index (κ3) is 2.92. The highest BCUT2D eigenvalue weighted by molar-refractivity contribution is 8.00. The van der Waals surface area contributed by atoms with Gasteiger partial charge in [-0.25, -0.2) is 0 Å². The van der Waals surface area contributed by atoms with Crippen molar-refractivity contribution in [2.75, 3.05) is 6.54 Å². The molecule has 18 heavy (non-hydrogen) atoms. The second-order valence-electron chi connectivity index (χ2n) is 5.98. The van der Waals surface area contributed by atoms with Gasteiger partial charge in [0.2, 0.25) is 0 Å². The number of benzene rings is 1. The van der Waals surface area contributed by atoms with E-state index in [9.17, 15) is 0 Å². The first-order valence-corrected chi connectivity index (χ1v) is 7.88. The minimum Gasteiger partial charge on any atom is -0.313 e. The average Bonchev–Trinajstić information content (AvgIpc) is 2.60. The van der Waals surface area contributed by atoms with Crippen molar-refractivity contribution in [3.05, 3.63) is 29.8 Å². The molecule has 0 radical (unpaired) electrons. The van der Waals surface area contributed by atoms with Crippen molar-refractivity contribution in [2.45, 2.75) is 56.7 Å². The Balaban J connectivity index is 2.12. The highest BCUT2D eigenvalue weighted by atomic mass is 32.2. The van der Waals surface area contributed by atoms with E-state index in [1.165, 1.54) is 23.3 Å². The van der Waals surface area contributed by atoms with Crippen molar-refractivity contribution in [1.29, 1.82) is 0 Å². The highest BCUT2D eigenvalue weighted by Crippen LogP contribution is 2.45. The summed E-state index contributed by atoms with van der Waals surface area (Å²) in [6.45, 7) is 10.3. The van der Waals surface area contributed by atoms with Crippen molar-refractivity contribution in [3.63, 3.8) is 0 Å². The van der Waals surface area contributed by atoms with Crippen molar-refractivity contribution in [1.82, 2.24) is 5.32 Å². The van der Waals surface area contributed by atoms with Crippen molar-refractivity contribution in [3.8, 4) is 0 Å². The molecule has 1 aliphatic carbocycles. The molecule has 100 valence electrons. The van der Waals surface area contributed by atoms with E-state index >= 15 is 0 Å². The van der Waals surface area contributed by atoms with Crippen LogP contribution in [0.1, 0.15) is 39.2 Å². The lowest BCUT2D eigenvalue weighted by Gasteiger charge is -2.31. The molecule has 1 fully saturated rings. The number of thioether (sulfide) groups is 1. The van der Waals surface area contributed by atoms with Gasteiger partial charge in [0, 0.05) is 16.2 Å². The summed E-state index contributed by atoms with van der Waals surface area (Å²) in [5.74, 6) is 0. The van der Waals surface area contributed by atoms with Crippen molar-refractivity contribution in [2.24, 2.45) is 5.41 Å². The molecule has 0 aliphatic heterocycles. The van der Waals surface area contributed by atoms with Crippen molar-refractivity contribution < 1.29 is 0 Å². The minimum atomic E-state index is 0.427. The summed E-state index contributed by atoms with van der Waals surface area (Å²) in [5.41, 5.74) is 1.83. The Hall–Kier alpha value is -0.470. The fourth-order valence-electron chi connectivity index (χ4n) is 2.95. The van der Waals surface area contributed by atoms with Crippen LogP contribution in [0.5, 0.6) is 0 Å². The number of rotatable bonds is 4. The first-order chi connectivity index (χ1) is 8.54. The lowest BCUT2D eigenvalue weighted by Crippen LogP contribution is -2.43. The molecule has 1 aromatic carbocycles. The summed E-state index contributed by atoms with van der Waals surface area (Å²) in [7, 11) is 0. The molecule has 0 aromatic heterocycles. The van der Waals surface area contributed by atoms with Crippen LogP contribution in [0.25, 0.3) is 0 Å². The van der Waals surface area contributed by atoms with Crippen LogP contribution >= 0.6 is 11.8 Å². The molecule has 1 N–H and O–H groups in total. The molecular formula is C16H25NS. The number of aryl methyl sites for hydroxylation is 1. The third-order valence-corrected chi connectivity index (χ3v) is 5.61. The molecule has 2 atom stereocenters. The summed E-state index contributed by atoms with van der Waals surface area (Å²) in [4.78, 5) is 1.45. The van der Waals surface area contributed by atoms with E-state index in [0.717, 1.165) is 6.54 Å². The quantitative estimate of drug-likeness (QED) is 0.871. The highest BCUT2D eigenvalue weighted by Gasteiger charge is 2.41. The molecule has 0 saturated heterocycles. The summed E-state index contributed by atoms with van der Waals surface area (Å²) in [5, 5.41) is 4.41. The van der Waals surface area contributed by atoms with E-state index in [2.05, 4.69) is 69.0 Å². The van der Waals surface area contributed by atoms with E-state index in [-0.39, 0.29) is 0 Å². The van der Waals surface area contributed by atoms with Crippen LogP contribution < -0.4 is 5.32 Å². The van der Waals surface area contributed by atoms with Crippen LogP contribution in [-0.4, -0.2) is 17.8 Å². The maximum absolute atomic E-state index is 3.70. The summed E-state index contributed by atoms with van der Waals surface area (Å²) in [6, 6.07) is 9.38. The fourth-order valence-corrected chi connectivity index (χ4v) is 4.52. The summed E-state index contributed by atoms with van der Waals surface area (Å²) >= 11 is 2.07. The Bertz CT molecular complexity index is 400. The topological polar surface area (TPSA) is 12.0 Å². The largest absolute Gasteiger partial charge is 0.313 e. The van der Waals surface area contributed by atoms with Gasteiger partial charge in [-0.1, -0.05) is 39.0 Å². The van der Waals surface area contributed by atoms with Crippen LogP contribution in [0.2, 0.25) is 0 Å². The van der Waals surface area contributed by atoms with Crippen LogP contribution in [0, 0.1) is 12.3 Å². The minimum absolute atomic E-state index is 0.427. The fraction of sp³-hybridized carbons (Fsp3) is 0.625. The Kier molecular flexibility index (Phi) is 4.39. The van der Waals surface area contributed by atoms with E-state index in [1.807, 2.05) is 0 Å². The van der Waals surface area contributed by atoms with E-state index in [0.29, 0.717) is 16.7 Å². The molecule has 1 saturated carbocycles. The lowest BCUT2D eigenvalue weighted by atomic mass is 9.87. The van der Waals surface area contributed by atoms with Crippen LogP contribution in [-0.2, 0) is 0 Å². The zero-order valence-electron chi connectivity index (χ0n) is 12.0. The van der Waals surface area contributed by atoms with Gasteiger partial charge >= 0.3 is 0 Å². The molecule has 0 spiro atoms. The molecule has 0 bridgehead atoms. The molecule has 1 aromatic rings. The van der Waals surface area contributed by atoms with Gasteiger partial charge in [-0.2, -0.15) is 0 Å². The van der Waals surface area contributed by atoms with Gasteiger partial charge < -0.3 is 5.32 Å². The van der Waals surface area contributed by atoms with Crippen LogP contribution in [0.4, 0.5) is 0 Å². The average molecular weight is 263 g/mol. The Morgan fingerprint density at radius 2 is 2.06 bits per heavy atom. The zero-order chi connectivity index (χ0) is 13.2. The van der Waals surface area contributed by atoms with Crippen LogP contribution in [0.3, 0.4) is 0 Å². The smallest absolute Gasteiger partial charge is 0.0253 e. The normalized spacial score (nSPS) is 26.4. The van der Waals surface area contributed by atoms with Gasteiger partial charge in [0.15, 0.2) is 0 Å². The zero-order valence-corrected chi connectivity index (χ0v) is 12.8. The third-order valence-electron chi connectivity index (χ3n) is 4.08. The Morgan fingerprint density at radius 1 is 1.33 bits per heavy atom. The van der Waals surface area contributed by atoms with Gasteiger partial charge in [-0.05, 0) is 43.4 Å². The van der Waals surface area contributed by atoms with Crippen LogP contribution in [0.15, 0.2) is 29.2 Å². The Morgan fingerprint density at radius 3 is 2.72 bits per heavy atom. The number of hydrogen-bond acceptors (Lipinski definition) is 2. The predicted octanol–water partition coefficient (Wildman–Crippen LogP) is 4.25. The van der Waals surface area contributed by atoms with Gasteiger partial charge in [0.1, 0.15) is 0 Å². The molecule has 0 heterocycles. The molecular weight excluding hydrogens is 238 g/mol. The maximum Gasteiger partial charge on any atom is 0.0253 e. The standard InChI is InChI=1S/C16H25NS/c1-5-17-15-14(10-11-16(15,3)4)18-13-9-7-6-8-12(13)2/h6-9,14-15,17H,5,10-11H2,1-4H3. The van der Waals surface area contributed by atoms with E-state index < -0.39 is 0 Å². The van der Waals surface area contributed by atoms with Crippen molar-refractivity contribution >= 4 is 11.8 Å². The maximum atomic E-state index is 3.70. The summed E-state index contributed by atoms with van der Waals surface area (Å²) in [6.07, 6.45) is 2.65. The number of hydrogen-bond donors (Lipinski definition) is 1. The van der Waals surface area contributed by atoms with Gasteiger partial charge in [-0.15, -0.1) is 11.8 Å². The molecule has 1 aliphatic rings.